The fraction of sp³-hybridized carbons (Fsp3) is 0.533. The first-order valence-corrected chi connectivity index (χ1v) is 7.76. The van der Waals surface area contributed by atoms with Gasteiger partial charge in [-0.3, -0.25) is 4.79 Å². The summed E-state index contributed by atoms with van der Waals surface area (Å²) in [5.41, 5.74) is 2.35. The van der Waals surface area contributed by atoms with E-state index in [9.17, 15) is 4.79 Å². The molecule has 9 nitrogen and oxygen atoms in total. The van der Waals surface area contributed by atoms with Crippen LogP contribution in [0.4, 0.5) is 0 Å². The molecular formula is C15H29N6O3+. The highest BCUT2D eigenvalue weighted by atomic mass is 16.5. The topological polar surface area (TPSA) is 139 Å². The number of aryl methyl sites for hydroxylation is 1. The van der Waals surface area contributed by atoms with Crippen molar-refractivity contribution in [3.63, 3.8) is 0 Å². The van der Waals surface area contributed by atoms with Crippen molar-refractivity contribution in [2.75, 3.05) is 20.3 Å². The zero-order chi connectivity index (χ0) is 18.2. The van der Waals surface area contributed by atoms with Crippen molar-refractivity contribution < 1.29 is 19.2 Å². The molecule has 7 N–H and O–H groups in total. The number of hydrogen-bond donors (Lipinski definition) is 5. The molecule has 0 saturated heterocycles. The van der Waals surface area contributed by atoms with Gasteiger partial charge in [0.1, 0.15) is 18.1 Å². The Kier molecular flexibility index (Phi) is 12.8. The molecule has 1 rings (SSSR count). The van der Waals surface area contributed by atoms with E-state index in [1.54, 1.807) is 0 Å². The number of ether oxygens (including phenoxy) is 1. The predicted molar refractivity (Wildman–Crippen MR) is 91.8 cm³/mol. The van der Waals surface area contributed by atoms with Crippen LogP contribution in [0.1, 0.15) is 26.2 Å². The maximum atomic E-state index is 11.6. The Morgan fingerprint density at radius 3 is 2.54 bits per heavy atom. The number of carbonyl (C=O) groups excluding carboxylic acids is 1. The van der Waals surface area contributed by atoms with Gasteiger partial charge in [0.15, 0.2) is 12.4 Å². The van der Waals surface area contributed by atoms with Gasteiger partial charge in [-0.1, -0.05) is 6.92 Å². The minimum Gasteiger partial charge on any atom is -0.493 e. The quantitative estimate of drug-likeness (QED) is 0.128. The lowest BCUT2D eigenvalue weighted by Gasteiger charge is -2.07. The number of carbonyl (C=O) groups is 1. The molecule has 136 valence electrons. The lowest BCUT2D eigenvalue weighted by Crippen LogP contribution is -2.35. The van der Waals surface area contributed by atoms with Crippen LogP contribution >= 0.6 is 0 Å². The molecule has 0 fully saturated rings. The van der Waals surface area contributed by atoms with Gasteiger partial charge in [-0.2, -0.15) is 5.10 Å². The molecule has 1 heterocycles. The second-order valence-electron chi connectivity index (χ2n) is 4.69. The van der Waals surface area contributed by atoms with E-state index in [1.165, 1.54) is 0 Å². The van der Waals surface area contributed by atoms with Gasteiger partial charge in [0.25, 0.3) is 0 Å². The Morgan fingerprint density at radius 2 is 2.00 bits per heavy atom. The van der Waals surface area contributed by atoms with Crippen LogP contribution in [0.2, 0.25) is 0 Å². The number of aliphatic hydroxyl groups is 1. The zero-order valence-electron chi connectivity index (χ0n) is 14.4. The van der Waals surface area contributed by atoms with Gasteiger partial charge in [0.2, 0.25) is 5.91 Å². The number of nitrogens with zero attached hydrogens (tertiary/aromatic N) is 2. The van der Waals surface area contributed by atoms with Crippen molar-refractivity contribution in [1.82, 2.24) is 10.7 Å². The van der Waals surface area contributed by atoms with Crippen molar-refractivity contribution in [1.29, 1.82) is 0 Å². The largest absolute Gasteiger partial charge is 0.493 e. The van der Waals surface area contributed by atoms with Gasteiger partial charge in [-0.05, 0) is 0 Å². The van der Waals surface area contributed by atoms with Crippen molar-refractivity contribution in [2.24, 2.45) is 16.8 Å². The smallest absolute Gasteiger partial charge is 0.223 e. The summed E-state index contributed by atoms with van der Waals surface area (Å²) in [6.07, 6.45) is 5.75. The average molecular weight is 341 g/mol. The van der Waals surface area contributed by atoms with Gasteiger partial charge in [-0.15, -0.1) is 0 Å². The fourth-order valence-electron chi connectivity index (χ4n) is 1.79. The Bertz CT molecular complexity index is 479. The standard InChI is InChI=1S/C14H24N6O2.CH4O/c1-2-8-20-9-4-12(5-10-20)22-11-6-14(21)17-7-3-13(18-15)19-16;1-2/h4-5,9-10H,2-3,6-8,11,15-16H2,1H3,(H-,17,18,19,21);2H,1H3/p+1. The van der Waals surface area contributed by atoms with Crippen molar-refractivity contribution in [3.05, 3.63) is 24.5 Å². The molecule has 1 aromatic heterocycles. The first-order chi connectivity index (χ1) is 11.7. The number of amides is 1. The number of pyridine rings is 1. The normalized spacial score (nSPS) is 10.4. The molecule has 9 heteroatoms. The Labute approximate surface area is 142 Å². The van der Waals surface area contributed by atoms with Crippen molar-refractivity contribution in [2.45, 2.75) is 32.7 Å². The van der Waals surface area contributed by atoms with Gasteiger partial charge in [0.05, 0.1) is 13.0 Å². The predicted octanol–water partition coefficient (Wildman–Crippen LogP) is -0.997. The highest BCUT2D eigenvalue weighted by Gasteiger charge is 2.04. The molecule has 1 aromatic rings. The van der Waals surface area contributed by atoms with E-state index >= 15 is 0 Å². The number of aliphatic hydroxyl groups excluding tert-OH is 1. The lowest BCUT2D eigenvalue weighted by molar-refractivity contribution is -0.697. The third-order valence-corrected chi connectivity index (χ3v) is 2.95. The highest BCUT2D eigenvalue weighted by Crippen LogP contribution is 2.06. The van der Waals surface area contributed by atoms with Crippen molar-refractivity contribution in [3.8, 4) is 5.75 Å². The van der Waals surface area contributed by atoms with Gasteiger partial charge in [0, 0.05) is 38.6 Å². The van der Waals surface area contributed by atoms with Crippen LogP contribution in [-0.2, 0) is 11.3 Å². The number of hydrazone groups is 1. The van der Waals surface area contributed by atoms with E-state index in [0.717, 1.165) is 25.8 Å². The van der Waals surface area contributed by atoms with Crippen LogP contribution < -0.4 is 31.7 Å². The minimum atomic E-state index is -0.0922. The summed E-state index contributed by atoms with van der Waals surface area (Å²) in [5.74, 6) is 11.4. The SMILES string of the molecule is CCC[n+]1ccc(OCCC(=O)NCC/C(=N/N)NN)cc1.CO. The molecule has 0 aliphatic carbocycles. The molecule has 0 unspecified atom stereocenters. The van der Waals surface area contributed by atoms with E-state index in [1.807, 2.05) is 24.5 Å². The van der Waals surface area contributed by atoms with E-state index in [-0.39, 0.29) is 12.3 Å². The molecule has 0 atom stereocenters. The number of nitrogens with one attached hydrogen (secondary N) is 2. The van der Waals surface area contributed by atoms with Crippen LogP contribution in [0.25, 0.3) is 0 Å². The average Bonchev–Trinajstić information content (AvgIpc) is 2.62. The maximum absolute atomic E-state index is 11.6. The van der Waals surface area contributed by atoms with Crippen LogP contribution in [0.3, 0.4) is 0 Å². The summed E-state index contributed by atoms with van der Waals surface area (Å²) in [4.78, 5) is 11.6. The van der Waals surface area contributed by atoms with Gasteiger partial charge in [-0.25, -0.2) is 10.4 Å². The van der Waals surface area contributed by atoms with E-state index in [4.69, 9.17) is 21.5 Å². The second-order valence-corrected chi connectivity index (χ2v) is 4.69. The monoisotopic (exact) mass is 341 g/mol. The molecule has 0 aromatic carbocycles. The molecule has 0 aliphatic rings. The van der Waals surface area contributed by atoms with E-state index in [0.29, 0.717) is 25.4 Å². The number of aromatic nitrogens is 1. The molecular weight excluding hydrogens is 312 g/mol. The summed E-state index contributed by atoms with van der Waals surface area (Å²) >= 11 is 0. The van der Waals surface area contributed by atoms with Crippen LogP contribution in [0.15, 0.2) is 29.6 Å². The number of amidine groups is 1. The van der Waals surface area contributed by atoms with Gasteiger partial charge < -0.3 is 26.4 Å². The minimum absolute atomic E-state index is 0.0922. The summed E-state index contributed by atoms with van der Waals surface area (Å²) in [6.45, 7) is 3.86. The molecule has 1 amide bonds. The third kappa shape index (κ3) is 9.59. The second kappa shape index (κ2) is 14.2. The zero-order valence-corrected chi connectivity index (χ0v) is 14.4. The Hall–Kier alpha value is -2.39. The summed E-state index contributed by atoms with van der Waals surface area (Å²) in [7, 11) is 1.00. The molecule has 0 bridgehead atoms. The van der Waals surface area contributed by atoms with E-state index in [2.05, 4.69) is 27.3 Å². The first kappa shape index (κ1) is 21.6. The molecule has 0 aliphatic heterocycles. The third-order valence-electron chi connectivity index (χ3n) is 2.95. The van der Waals surface area contributed by atoms with Gasteiger partial charge >= 0.3 is 0 Å². The molecule has 0 saturated carbocycles. The number of hydrazine groups is 1. The summed E-state index contributed by atoms with van der Waals surface area (Å²) < 4.78 is 7.61. The first-order valence-electron chi connectivity index (χ1n) is 7.76. The molecule has 0 spiro atoms. The van der Waals surface area contributed by atoms with E-state index < -0.39 is 0 Å². The summed E-state index contributed by atoms with van der Waals surface area (Å²) in [6, 6.07) is 3.79. The Balaban J connectivity index is 0.00000254. The maximum Gasteiger partial charge on any atom is 0.223 e. The molecule has 0 radical (unpaired) electrons. The highest BCUT2D eigenvalue weighted by molar-refractivity contribution is 5.82. The van der Waals surface area contributed by atoms with Crippen molar-refractivity contribution >= 4 is 11.7 Å². The number of rotatable bonds is 9. The number of hydrogen-bond acceptors (Lipinski definition) is 6. The lowest BCUT2D eigenvalue weighted by atomic mass is 10.3. The van der Waals surface area contributed by atoms with Crippen LogP contribution in [0.5, 0.6) is 5.75 Å². The number of nitrogens with two attached hydrogens (primary N) is 2. The van der Waals surface area contributed by atoms with Crippen LogP contribution in [0, 0.1) is 0 Å². The molecule has 24 heavy (non-hydrogen) atoms. The fourth-order valence-corrected chi connectivity index (χ4v) is 1.79. The Morgan fingerprint density at radius 1 is 1.33 bits per heavy atom. The van der Waals surface area contributed by atoms with Crippen LogP contribution in [-0.4, -0.2) is 37.1 Å². The summed E-state index contributed by atoms with van der Waals surface area (Å²) in [5, 5.41) is 13.2.